The zero-order valence-corrected chi connectivity index (χ0v) is 33.5. The molecule has 294 valence electrons. The van der Waals surface area contributed by atoms with Gasteiger partial charge in [0, 0.05) is 13.1 Å². The molecule has 0 aromatic heterocycles. The van der Waals surface area contributed by atoms with Gasteiger partial charge in [0.05, 0.1) is 22.1 Å². The Balaban J connectivity index is 1.60. The number of rotatable bonds is 15. The van der Waals surface area contributed by atoms with Gasteiger partial charge in [-0.2, -0.15) is 0 Å². The standard InChI is InChI=1S/C39H65N5O7S/c1-9-11-13-16-28(30(45)33(47)40-23-10-2)41-32(46)29-26-17-20-38(21-22-38)27(26)24-44(29)34(48)31(36(3,4)5)42-35(49)43-39(18-14-12-15-19-39)25-52(50,51)37(6,7)8/h10,26-29,31H,2,9,11-25H2,1,3-8H3,(H,40,47)(H,41,46)(H2,42,43,49)/t26-,27-,28?,29-,31+/m0/s1. The summed E-state index contributed by atoms with van der Waals surface area (Å²) in [5, 5.41) is 11.4. The first kappa shape index (κ1) is 41.8. The Morgan fingerprint density at radius 1 is 0.923 bits per heavy atom. The molecule has 5 amide bonds. The van der Waals surface area contributed by atoms with Crippen molar-refractivity contribution in [1.29, 1.82) is 0 Å². The van der Waals surface area contributed by atoms with Crippen LogP contribution in [0.4, 0.5) is 4.79 Å². The van der Waals surface area contributed by atoms with Gasteiger partial charge in [0.25, 0.3) is 5.91 Å². The molecule has 4 fully saturated rings. The van der Waals surface area contributed by atoms with E-state index in [0.717, 1.165) is 57.8 Å². The number of unbranched alkanes of at least 4 members (excludes halogenated alkanes) is 2. The fourth-order valence-corrected chi connectivity index (χ4v) is 10.3. The molecule has 4 aliphatic rings. The van der Waals surface area contributed by atoms with Gasteiger partial charge in [-0.15, -0.1) is 6.58 Å². The smallest absolute Gasteiger partial charge is 0.315 e. The lowest BCUT2D eigenvalue weighted by atomic mass is 9.83. The minimum atomic E-state index is -3.57. The quantitative estimate of drug-likeness (QED) is 0.108. The van der Waals surface area contributed by atoms with E-state index in [0.29, 0.717) is 32.2 Å². The summed E-state index contributed by atoms with van der Waals surface area (Å²) >= 11 is 0. The lowest BCUT2D eigenvalue weighted by Crippen LogP contribution is -2.64. The molecule has 4 N–H and O–H groups in total. The number of urea groups is 1. The second-order valence-corrected chi connectivity index (χ2v) is 20.9. The van der Waals surface area contributed by atoms with Crippen molar-refractivity contribution in [2.75, 3.05) is 18.8 Å². The van der Waals surface area contributed by atoms with Crippen molar-refractivity contribution in [2.45, 2.75) is 160 Å². The first-order valence-corrected chi connectivity index (χ1v) is 21.2. The largest absolute Gasteiger partial charge is 0.346 e. The lowest BCUT2D eigenvalue weighted by Gasteiger charge is -2.41. The molecule has 3 aliphatic carbocycles. The maximum absolute atomic E-state index is 14.8. The van der Waals surface area contributed by atoms with Gasteiger partial charge >= 0.3 is 6.03 Å². The summed E-state index contributed by atoms with van der Waals surface area (Å²) in [5.74, 6) is -2.50. The van der Waals surface area contributed by atoms with Crippen LogP contribution in [0.2, 0.25) is 0 Å². The molecule has 52 heavy (non-hydrogen) atoms. The van der Waals surface area contributed by atoms with E-state index < -0.39 is 67.3 Å². The number of hydrogen-bond acceptors (Lipinski definition) is 7. The first-order valence-electron chi connectivity index (χ1n) is 19.6. The van der Waals surface area contributed by atoms with E-state index in [9.17, 15) is 32.4 Å². The van der Waals surface area contributed by atoms with Gasteiger partial charge in [0.1, 0.15) is 12.1 Å². The maximum Gasteiger partial charge on any atom is 0.315 e. The van der Waals surface area contributed by atoms with Crippen LogP contribution in [0.5, 0.6) is 0 Å². The molecule has 0 radical (unpaired) electrons. The number of sulfone groups is 1. The number of amides is 5. The SMILES string of the molecule is C=CCNC(=O)C(=O)C(CCCCC)NC(=O)[C@@H]1[C@H]2CCC3(CC3)[C@H]2CN1C(=O)[C@@H](NC(=O)NC1(CS(=O)(=O)C(C)(C)C)CCCCC1)C(C)(C)C. The number of likely N-dealkylation sites (tertiary alicyclic amines) is 1. The maximum atomic E-state index is 14.8. The number of hydrogen-bond donors (Lipinski definition) is 4. The van der Waals surface area contributed by atoms with Crippen LogP contribution in [0.15, 0.2) is 12.7 Å². The molecule has 4 rings (SSSR count). The van der Waals surface area contributed by atoms with Crippen LogP contribution >= 0.6 is 0 Å². The molecule has 1 spiro atoms. The van der Waals surface area contributed by atoms with Crippen LogP contribution in [0.1, 0.15) is 132 Å². The van der Waals surface area contributed by atoms with Crippen molar-refractivity contribution in [3.8, 4) is 0 Å². The van der Waals surface area contributed by atoms with Gasteiger partial charge in [0.2, 0.25) is 17.6 Å². The molecule has 12 nitrogen and oxygen atoms in total. The van der Waals surface area contributed by atoms with Crippen molar-refractivity contribution in [2.24, 2.45) is 22.7 Å². The van der Waals surface area contributed by atoms with Crippen LogP contribution in [-0.2, 0) is 29.0 Å². The zero-order chi connectivity index (χ0) is 38.7. The Labute approximate surface area is 311 Å². The first-order chi connectivity index (χ1) is 24.2. The highest BCUT2D eigenvalue weighted by atomic mass is 32.2. The third-order valence-corrected chi connectivity index (χ3v) is 15.0. The van der Waals surface area contributed by atoms with Gasteiger partial charge in [-0.3, -0.25) is 19.2 Å². The van der Waals surface area contributed by atoms with Crippen molar-refractivity contribution >= 4 is 39.4 Å². The fraction of sp³-hybridized carbons (Fsp3) is 0.821. The second-order valence-electron chi connectivity index (χ2n) is 18.1. The highest BCUT2D eigenvalue weighted by molar-refractivity contribution is 7.92. The highest BCUT2D eigenvalue weighted by Crippen LogP contribution is 2.66. The Bertz CT molecular complexity index is 1470. The van der Waals surface area contributed by atoms with Gasteiger partial charge in [-0.1, -0.05) is 72.3 Å². The van der Waals surface area contributed by atoms with Crippen molar-refractivity contribution in [1.82, 2.24) is 26.2 Å². The molecule has 3 saturated carbocycles. The zero-order valence-electron chi connectivity index (χ0n) is 32.7. The topological polar surface area (TPSA) is 171 Å². The predicted octanol–water partition coefficient (Wildman–Crippen LogP) is 4.57. The molecule has 1 unspecified atom stereocenters. The summed E-state index contributed by atoms with van der Waals surface area (Å²) in [5.41, 5.74) is -1.61. The Hall–Kier alpha value is -2.96. The Morgan fingerprint density at radius 3 is 2.13 bits per heavy atom. The minimum absolute atomic E-state index is 0.102. The average molecular weight is 748 g/mol. The number of nitrogens with one attached hydrogen (secondary N) is 4. The molecule has 1 heterocycles. The number of carbonyl (C=O) groups excluding carboxylic acids is 5. The van der Waals surface area contributed by atoms with Gasteiger partial charge in [0.15, 0.2) is 9.84 Å². The van der Waals surface area contributed by atoms with E-state index in [1.165, 1.54) is 6.08 Å². The van der Waals surface area contributed by atoms with Crippen molar-refractivity contribution < 1.29 is 32.4 Å². The molecular weight excluding hydrogens is 683 g/mol. The highest BCUT2D eigenvalue weighted by Gasteiger charge is 2.64. The molecule has 1 aliphatic heterocycles. The van der Waals surface area contributed by atoms with Gasteiger partial charge in [-0.05, 0) is 88.4 Å². The summed E-state index contributed by atoms with van der Waals surface area (Å²) in [7, 11) is -3.57. The van der Waals surface area contributed by atoms with Gasteiger partial charge < -0.3 is 26.2 Å². The summed E-state index contributed by atoms with van der Waals surface area (Å²) < 4.78 is 25.8. The van der Waals surface area contributed by atoms with E-state index in [1.54, 1.807) is 25.7 Å². The van der Waals surface area contributed by atoms with E-state index in [4.69, 9.17) is 0 Å². The van der Waals surface area contributed by atoms with Crippen LogP contribution < -0.4 is 21.3 Å². The number of fused-ring (bicyclic) bond motifs is 2. The molecular formula is C39H65N5O7S. The summed E-state index contributed by atoms with van der Waals surface area (Å²) in [6.07, 6.45) is 11.6. The predicted molar refractivity (Wildman–Crippen MR) is 202 cm³/mol. The fourth-order valence-electron chi connectivity index (χ4n) is 8.77. The molecule has 5 atom stereocenters. The molecule has 1 saturated heterocycles. The van der Waals surface area contributed by atoms with Gasteiger partial charge in [-0.25, -0.2) is 13.2 Å². The van der Waals surface area contributed by atoms with Crippen molar-refractivity contribution in [3.63, 3.8) is 0 Å². The summed E-state index contributed by atoms with van der Waals surface area (Å²) in [6, 6.07) is -3.52. The molecule has 0 aromatic rings. The lowest BCUT2D eigenvalue weighted by molar-refractivity contribution is -0.144. The number of nitrogens with zero attached hydrogens (tertiary/aromatic N) is 1. The average Bonchev–Trinajstić information content (AvgIpc) is 3.62. The molecule has 0 bridgehead atoms. The van der Waals surface area contributed by atoms with Crippen molar-refractivity contribution in [3.05, 3.63) is 12.7 Å². The normalized spacial score (nSPS) is 24.7. The third-order valence-electron chi connectivity index (χ3n) is 12.2. The second kappa shape index (κ2) is 16.2. The number of carbonyl (C=O) groups is 5. The monoisotopic (exact) mass is 747 g/mol. The third kappa shape index (κ3) is 9.39. The van der Waals surface area contributed by atoms with E-state index in [-0.39, 0.29) is 35.5 Å². The van der Waals surface area contributed by atoms with E-state index in [1.807, 2.05) is 27.7 Å². The summed E-state index contributed by atoms with van der Waals surface area (Å²) in [4.78, 5) is 70.7. The number of Topliss-reactive ketones (excluding diaryl/α,β-unsaturated/α-hetero) is 1. The van der Waals surface area contributed by atoms with Crippen LogP contribution in [0.3, 0.4) is 0 Å². The van der Waals surface area contributed by atoms with E-state index in [2.05, 4.69) is 27.8 Å². The van der Waals surface area contributed by atoms with Crippen LogP contribution in [-0.4, -0.2) is 90.1 Å². The molecule has 0 aromatic carbocycles. The van der Waals surface area contributed by atoms with Crippen LogP contribution in [0, 0.1) is 22.7 Å². The summed E-state index contributed by atoms with van der Waals surface area (Å²) in [6.45, 7) is 16.7. The van der Waals surface area contributed by atoms with E-state index >= 15 is 0 Å². The Kier molecular flexibility index (Phi) is 13.0. The number of ketones is 1. The minimum Gasteiger partial charge on any atom is -0.346 e. The van der Waals surface area contributed by atoms with Crippen LogP contribution in [0.25, 0.3) is 0 Å². The molecule has 13 heteroatoms. The Morgan fingerprint density at radius 2 is 1.58 bits per heavy atom.